The second kappa shape index (κ2) is 4.82. The van der Waals surface area contributed by atoms with Crippen LogP contribution in [0, 0.1) is 0 Å². The number of aliphatic hydroxyl groups is 1. The number of benzene rings is 1. The third kappa shape index (κ3) is 2.43. The minimum Gasteiger partial charge on any atom is -0.388 e. The molecule has 1 aliphatic carbocycles. The molecule has 0 bridgehead atoms. The number of rotatable bonds is 3. The number of likely N-dealkylation sites (N-methyl/N-ethyl adjacent to an activating group) is 1. The standard InChI is InChI=1S/C16H20N2O/c1-18(12-16(19)9-4-5-10-16)15-14-7-3-2-6-13(14)8-11-17-15/h2-3,6-8,11,19H,4-5,9-10,12H2,1H3. The van der Waals surface area contributed by atoms with Crippen molar-refractivity contribution in [3.8, 4) is 0 Å². The first-order valence-electron chi connectivity index (χ1n) is 6.95. The van der Waals surface area contributed by atoms with E-state index in [2.05, 4.69) is 22.0 Å². The fourth-order valence-electron chi connectivity index (χ4n) is 3.12. The van der Waals surface area contributed by atoms with Gasteiger partial charge in [0.15, 0.2) is 0 Å². The van der Waals surface area contributed by atoms with E-state index in [0.717, 1.165) is 36.9 Å². The summed E-state index contributed by atoms with van der Waals surface area (Å²) in [7, 11) is 2.02. The Morgan fingerprint density at radius 3 is 2.74 bits per heavy atom. The van der Waals surface area contributed by atoms with E-state index in [9.17, 15) is 5.11 Å². The monoisotopic (exact) mass is 256 g/mol. The van der Waals surface area contributed by atoms with Crippen molar-refractivity contribution in [2.75, 3.05) is 18.5 Å². The Balaban J connectivity index is 1.91. The minimum absolute atomic E-state index is 0.534. The van der Waals surface area contributed by atoms with Gasteiger partial charge in [-0.25, -0.2) is 4.98 Å². The Morgan fingerprint density at radius 2 is 1.95 bits per heavy atom. The second-order valence-electron chi connectivity index (χ2n) is 5.64. The molecule has 3 heteroatoms. The summed E-state index contributed by atoms with van der Waals surface area (Å²) in [5.74, 6) is 0.957. The van der Waals surface area contributed by atoms with Gasteiger partial charge in [-0.1, -0.05) is 37.1 Å². The molecular weight excluding hydrogens is 236 g/mol. The summed E-state index contributed by atoms with van der Waals surface area (Å²) in [5.41, 5.74) is -0.534. The van der Waals surface area contributed by atoms with E-state index in [0.29, 0.717) is 6.54 Å². The van der Waals surface area contributed by atoms with Crippen LogP contribution < -0.4 is 4.90 Å². The maximum atomic E-state index is 10.5. The predicted molar refractivity (Wildman–Crippen MR) is 78.4 cm³/mol. The highest BCUT2D eigenvalue weighted by Gasteiger charge is 2.32. The second-order valence-corrected chi connectivity index (χ2v) is 5.64. The summed E-state index contributed by atoms with van der Waals surface area (Å²) in [6.07, 6.45) is 5.91. The van der Waals surface area contributed by atoms with E-state index < -0.39 is 5.60 Å². The molecular formula is C16H20N2O. The molecule has 0 radical (unpaired) electrons. The van der Waals surface area contributed by atoms with Gasteiger partial charge >= 0.3 is 0 Å². The number of aromatic nitrogens is 1. The molecule has 2 aromatic rings. The average molecular weight is 256 g/mol. The van der Waals surface area contributed by atoms with Crippen LogP contribution in [-0.2, 0) is 0 Å². The van der Waals surface area contributed by atoms with Crippen molar-refractivity contribution in [2.45, 2.75) is 31.3 Å². The van der Waals surface area contributed by atoms with Gasteiger partial charge in [-0.3, -0.25) is 0 Å². The van der Waals surface area contributed by atoms with Crippen LogP contribution in [0.1, 0.15) is 25.7 Å². The molecule has 3 rings (SSSR count). The van der Waals surface area contributed by atoms with Gasteiger partial charge in [0.2, 0.25) is 0 Å². The predicted octanol–water partition coefficient (Wildman–Crippen LogP) is 2.98. The number of hydrogen-bond donors (Lipinski definition) is 1. The van der Waals surface area contributed by atoms with E-state index in [1.165, 1.54) is 5.39 Å². The van der Waals surface area contributed by atoms with Crippen LogP contribution in [0.5, 0.6) is 0 Å². The first kappa shape index (κ1) is 12.4. The van der Waals surface area contributed by atoms with Crippen molar-refractivity contribution in [1.29, 1.82) is 0 Å². The summed E-state index contributed by atoms with van der Waals surface area (Å²) in [4.78, 5) is 6.59. The molecule has 0 amide bonds. The van der Waals surface area contributed by atoms with Crippen LogP contribution >= 0.6 is 0 Å². The summed E-state index contributed by atoms with van der Waals surface area (Å²) < 4.78 is 0. The van der Waals surface area contributed by atoms with Crippen LogP contribution in [0.25, 0.3) is 10.8 Å². The quantitative estimate of drug-likeness (QED) is 0.917. The number of hydrogen-bond acceptors (Lipinski definition) is 3. The highest BCUT2D eigenvalue weighted by atomic mass is 16.3. The van der Waals surface area contributed by atoms with Gasteiger partial charge < -0.3 is 10.0 Å². The lowest BCUT2D eigenvalue weighted by molar-refractivity contribution is 0.0558. The third-order valence-electron chi connectivity index (χ3n) is 4.08. The van der Waals surface area contributed by atoms with E-state index in [1.54, 1.807) is 0 Å². The van der Waals surface area contributed by atoms with Gasteiger partial charge in [-0.05, 0) is 24.3 Å². The Morgan fingerprint density at radius 1 is 1.21 bits per heavy atom. The van der Waals surface area contributed by atoms with Crippen LogP contribution in [0.2, 0.25) is 0 Å². The van der Waals surface area contributed by atoms with Gasteiger partial charge in [-0.15, -0.1) is 0 Å². The molecule has 1 N–H and O–H groups in total. The first-order chi connectivity index (χ1) is 9.18. The average Bonchev–Trinajstić information content (AvgIpc) is 2.84. The fraction of sp³-hybridized carbons (Fsp3) is 0.438. The lowest BCUT2D eigenvalue weighted by atomic mass is 10.0. The third-order valence-corrected chi connectivity index (χ3v) is 4.08. The van der Waals surface area contributed by atoms with Crippen molar-refractivity contribution in [3.05, 3.63) is 36.5 Å². The van der Waals surface area contributed by atoms with Gasteiger partial charge in [0, 0.05) is 25.2 Å². The zero-order chi connectivity index (χ0) is 13.3. The topological polar surface area (TPSA) is 36.4 Å². The van der Waals surface area contributed by atoms with Crippen LogP contribution in [-0.4, -0.2) is 29.3 Å². The molecule has 1 aromatic heterocycles. The van der Waals surface area contributed by atoms with E-state index >= 15 is 0 Å². The maximum absolute atomic E-state index is 10.5. The Labute approximate surface area is 113 Å². The van der Waals surface area contributed by atoms with E-state index in [4.69, 9.17) is 0 Å². The zero-order valence-electron chi connectivity index (χ0n) is 11.3. The largest absolute Gasteiger partial charge is 0.388 e. The summed E-state index contributed by atoms with van der Waals surface area (Å²) >= 11 is 0. The molecule has 1 saturated carbocycles. The zero-order valence-corrected chi connectivity index (χ0v) is 11.3. The molecule has 19 heavy (non-hydrogen) atoms. The van der Waals surface area contributed by atoms with Gasteiger partial charge in [-0.2, -0.15) is 0 Å². The molecule has 0 atom stereocenters. The van der Waals surface area contributed by atoms with Gasteiger partial charge in [0.1, 0.15) is 5.82 Å². The normalized spacial score (nSPS) is 17.8. The first-order valence-corrected chi connectivity index (χ1v) is 6.95. The molecule has 0 saturated heterocycles. The molecule has 0 unspecified atom stereocenters. The number of nitrogens with zero attached hydrogens (tertiary/aromatic N) is 2. The minimum atomic E-state index is -0.534. The van der Waals surface area contributed by atoms with Gasteiger partial charge in [0.25, 0.3) is 0 Å². The summed E-state index contributed by atoms with van der Waals surface area (Å²) in [6, 6.07) is 10.3. The van der Waals surface area contributed by atoms with E-state index in [1.807, 2.05) is 31.4 Å². The highest BCUT2D eigenvalue weighted by molar-refractivity contribution is 5.91. The van der Waals surface area contributed by atoms with Crippen LogP contribution in [0.15, 0.2) is 36.5 Å². The van der Waals surface area contributed by atoms with Crippen molar-refractivity contribution in [2.24, 2.45) is 0 Å². The number of fused-ring (bicyclic) bond motifs is 1. The lowest BCUT2D eigenvalue weighted by Gasteiger charge is -2.29. The molecule has 1 fully saturated rings. The number of pyridine rings is 1. The molecule has 3 nitrogen and oxygen atoms in total. The molecule has 0 aliphatic heterocycles. The van der Waals surface area contributed by atoms with Gasteiger partial charge in [0.05, 0.1) is 5.60 Å². The van der Waals surface area contributed by atoms with Crippen LogP contribution in [0.4, 0.5) is 5.82 Å². The fourth-order valence-corrected chi connectivity index (χ4v) is 3.12. The maximum Gasteiger partial charge on any atom is 0.136 e. The number of anilines is 1. The molecule has 1 aliphatic rings. The molecule has 1 heterocycles. The van der Waals surface area contributed by atoms with Crippen LogP contribution in [0.3, 0.4) is 0 Å². The molecule has 0 spiro atoms. The van der Waals surface area contributed by atoms with Crippen molar-refractivity contribution in [3.63, 3.8) is 0 Å². The van der Waals surface area contributed by atoms with Crippen molar-refractivity contribution < 1.29 is 5.11 Å². The Hall–Kier alpha value is -1.61. The smallest absolute Gasteiger partial charge is 0.136 e. The summed E-state index contributed by atoms with van der Waals surface area (Å²) in [6.45, 7) is 0.661. The molecule has 1 aromatic carbocycles. The Kier molecular flexibility index (Phi) is 3.15. The highest BCUT2D eigenvalue weighted by Crippen LogP contribution is 2.32. The summed E-state index contributed by atoms with van der Waals surface area (Å²) in [5, 5.41) is 12.9. The van der Waals surface area contributed by atoms with Crippen molar-refractivity contribution in [1.82, 2.24) is 4.98 Å². The lowest BCUT2D eigenvalue weighted by Crippen LogP contribution is -2.39. The van der Waals surface area contributed by atoms with Crippen molar-refractivity contribution >= 4 is 16.6 Å². The Bertz CT molecular complexity index is 570. The SMILES string of the molecule is CN(CC1(O)CCCC1)c1nccc2ccccc12. The van der Waals surface area contributed by atoms with E-state index in [-0.39, 0.29) is 0 Å². The molecule has 100 valence electrons.